The van der Waals surface area contributed by atoms with Gasteiger partial charge >= 0.3 is 0 Å². The third kappa shape index (κ3) is 3.37. The van der Waals surface area contributed by atoms with Crippen LogP contribution in [0.1, 0.15) is 26.7 Å². The zero-order chi connectivity index (χ0) is 8.91. The van der Waals surface area contributed by atoms with Crippen molar-refractivity contribution in [1.82, 2.24) is 0 Å². The average molecular weight is 150 g/mol. The van der Waals surface area contributed by atoms with Crippen molar-refractivity contribution < 1.29 is 4.79 Å². The minimum absolute atomic E-state index is 0.0155. The van der Waals surface area contributed by atoms with Crippen molar-refractivity contribution in [1.29, 1.82) is 10.5 Å². The molecule has 0 amide bonds. The first-order valence-corrected chi connectivity index (χ1v) is 3.36. The van der Waals surface area contributed by atoms with Gasteiger partial charge in [0.05, 0.1) is 12.1 Å². The number of carbonyl (C=O) groups excluding carboxylic acids is 1. The van der Waals surface area contributed by atoms with Crippen LogP contribution in [0, 0.1) is 28.1 Å². The normalized spacial score (nSPS) is 9.82. The molecule has 0 saturated carbocycles. The second kappa shape index (κ2) is 3.73. The van der Waals surface area contributed by atoms with Crippen LogP contribution in [0.4, 0.5) is 0 Å². The van der Waals surface area contributed by atoms with E-state index in [4.69, 9.17) is 10.5 Å². The van der Waals surface area contributed by atoms with Gasteiger partial charge < -0.3 is 4.79 Å². The summed E-state index contributed by atoms with van der Waals surface area (Å²) in [6.45, 7) is 2.99. The van der Waals surface area contributed by atoms with Crippen LogP contribution in [0.25, 0.3) is 0 Å². The van der Waals surface area contributed by atoms with Gasteiger partial charge in [-0.3, -0.25) is 0 Å². The Morgan fingerprint density at radius 1 is 1.45 bits per heavy atom. The topological polar surface area (TPSA) is 64.7 Å². The third-order valence-electron chi connectivity index (χ3n) is 1.47. The molecule has 0 bridgehead atoms. The molecule has 0 aliphatic heterocycles. The molecular formula is C8H10N2O. The lowest BCUT2D eigenvalue weighted by Crippen LogP contribution is -2.11. The summed E-state index contributed by atoms with van der Waals surface area (Å²) in [4.78, 5) is 10.5. The van der Waals surface area contributed by atoms with Crippen LogP contribution in [0.2, 0.25) is 0 Å². The molecule has 3 nitrogen and oxygen atoms in total. The summed E-state index contributed by atoms with van der Waals surface area (Å²) in [5.41, 5.74) is -0.994. The third-order valence-corrected chi connectivity index (χ3v) is 1.47. The number of hydrogen-bond donors (Lipinski definition) is 0. The van der Waals surface area contributed by atoms with Gasteiger partial charge in [-0.2, -0.15) is 10.5 Å². The van der Waals surface area contributed by atoms with Crippen LogP contribution in [-0.2, 0) is 4.79 Å². The Labute approximate surface area is 66.2 Å². The molecule has 0 radical (unpaired) electrons. The van der Waals surface area contributed by atoms with Gasteiger partial charge in [0.2, 0.25) is 0 Å². The molecule has 0 aliphatic rings. The molecule has 0 heterocycles. The van der Waals surface area contributed by atoms with E-state index in [9.17, 15) is 4.79 Å². The highest BCUT2D eigenvalue weighted by Crippen LogP contribution is 2.20. The van der Waals surface area contributed by atoms with E-state index < -0.39 is 5.41 Å². The lowest BCUT2D eigenvalue weighted by Gasteiger charge is -2.08. The maximum atomic E-state index is 10.5. The molecule has 0 saturated heterocycles. The van der Waals surface area contributed by atoms with E-state index in [1.54, 1.807) is 0 Å². The number of nitriles is 2. The summed E-state index contributed by atoms with van der Waals surface area (Å²) in [7, 11) is 0. The van der Waals surface area contributed by atoms with Crippen LogP contribution in [-0.4, -0.2) is 5.78 Å². The van der Waals surface area contributed by atoms with Crippen molar-refractivity contribution in [3.63, 3.8) is 0 Å². The van der Waals surface area contributed by atoms with Crippen LogP contribution in [0.15, 0.2) is 0 Å². The minimum Gasteiger partial charge on any atom is -0.300 e. The van der Waals surface area contributed by atoms with Gasteiger partial charge in [-0.15, -0.1) is 0 Å². The summed E-state index contributed by atoms with van der Waals surface area (Å²) in [6.07, 6.45) is 0.632. The summed E-state index contributed by atoms with van der Waals surface area (Å²) in [6, 6.07) is 3.74. The number of carbonyl (C=O) groups is 1. The molecule has 0 rings (SSSR count). The minimum atomic E-state index is -0.994. The molecule has 0 aromatic rings. The van der Waals surface area contributed by atoms with Crippen molar-refractivity contribution in [2.24, 2.45) is 5.41 Å². The second-order valence-corrected chi connectivity index (χ2v) is 2.76. The van der Waals surface area contributed by atoms with Gasteiger partial charge in [-0.05, 0) is 20.3 Å². The average Bonchev–Trinajstić information content (AvgIpc) is 2.00. The fourth-order valence-electron chi connectivity index (χ4n) is 0.563. The van der Waals surface area contributed by atoms with E-state index in [1.165, 1.54) is 13.8 Å². The smallest absolute Gasteiger partial charge is 0.141 e. The van der Waals surface area contributed by atoms with Gasteiger partial charge in [-0.25, -0.2) is 0 Å². The van der Waals surface area contributed by atoms with Crippen molar-refractivity contribution in [3.05, 3.63) is 0 Å². The first kappa shape index (κ1) is 9.65. The fourth-order valence-corrected chi connectivity index (χ4v) is 0.563. The van der Waals surface area contributed by atoms with E-state index in [0.29, 0.717) is 12.8 Å². The molecule has 0 aromatic heterocycles. The predicted molar refractivity (Wildman–Crippen MR) is 39.2 cm³/mol. The number of nitrogens with zero attached hydrogens (tertiary/aromatic N) is 2. The van der Waals surface area contributed by atoms with Crippen LogP contribution < -0.4 is 0 Å². The zero-order valence-corrected chi connectivity index (χ0v) is 6.72. The van der Waals surface area contributed by atoms with E-state index in [2.05, 4.69) is 0 Å². The van der Waals surface area contributed by atoms with E-state index in [0.717, 1.165) is 0 Å². The lowest BCUT2D eigenvalue weighted by molar-refractivity contribution is -0.117. The Balaban J connectivity index is 4.05. The second-order valence-electron chi connectivity index (χ2n) is 2.76. The molecule has 11 heavy (non-hydrogen) atoms. The Morgan fingerprint density at radius 3 is 2.18 bits per heavy atom. The maximum absolute atomic E-state index is 10.5. The van der Waals surface area contributed by atoms with Crippen LogP contribution >= 0.6 is 0 Å². The molecule has 0 N–H and O–H groups in total. The predicted octanol–water partition coefficient (Wildman–Crippen LogP) is 1.41. The number of rotatable bonds is 3. The molecule has 0 fully saturated rings. The van der Waals surface area contributed by atoms with Crippen LogP contribution in [0.5, 0.6) is 0 Å². The molecule has 0 aromatic carbocycles. The Kier molecular flexibility index (Phi) is 3.27. The highest BCUT2D eigenvalue weighted by Gasteiger charge is 2.22. The van der Waals surface area contributed by atoms with Crippen molar-refractivity contribution >= 4 is 5.78 Å². The van der Waals surface area contributed by atoms with Gasteiger partial charge in [-0.1, -0.05) is 0 Å². The van der Waals surface area contributed by atoms with Gasteiger partial charge in [0, 0.05) is 6.42 Å². The Bertz CT molecular complexity index is 217. The fraction of sp³-hybridized carbons (Fsp3) is 0.625. The first-order chi connectivity index (χ1) is 5.04. The van der Waals surface area contributed by atoms with E-state index >= 15 is 0 Å². The molecule has 0 spiro atoms. The Hall–Kier alpha value is -1.35. The Morgan fingerprint density at radius 2 is 1.91 bits per heavy atom. The highest BCUT2D eigenvalue weighted by molar-refractivity contribution is 5.75. The number of ketones is 1. The largest absolute Gasteiger partial charge is 0.300 e. The van der Waals surface area contributed by atoms with E-state index in [1.807, 2.05) is 12.1 Å². The molecule has 0 aliphatic carbocycles. The molecule has 0 atom stereocenters. The molecule has 0 unspecified atom stereocenters. The first-order valence-electron chi connectivity index (χ1n) is 3.36. The zero-order valence-electron chi connectivity index (χ0n) is 6.72. The quantitative estimate of drug-likeness (QED) is 0.610. The molecular weight excluding hydrogens is 140 g/mol. The maximum Gasteiger partial charge on any atom is 0.141 e. The standard InChI is InChI=1S/C8H10N2O/c1-7(11)3-4-8(2,5-9)6-10/h3-4H2,1-2H3. The summed E-state index contributed by atoms with van der Waals surface area (Å²) in [5, 5.41) is 17.0. The summed E-state index contributed by atoms with van der Waals surface area (Å²) < 4.78 is 0. The lowest BCUT2D eigenvalue weighted by atomic mass is 9.88. The number of hydrogen-bond acceptors (Lipinski definition) is 3. The molecule has 58 valence electrons. The van der Waals surface area contributed by atoms with Gasteiger partial charge in [0.1, 0.15) is 11.2 Å². The van der Waals surface area contributed by atoms with Crippen molar-refractivity contribution in [2.75, 3.05) is 0 Å². The van der Waals surface area contributed by atoms with Gasteiger partial charge in [0.15, 0.2) is 0 Å². The SMILES string of the molecule is CC(=O)CCC(C)(C#N)C#N. The van der Waals surface area contributed by atoms with Crippen LogP contribution in [0.3, 0.4) is 0 Å². The number of Topliss-reactive ketones (excluding diaryl/α,β-unsaturated/α-hetero) is 1. The monoisotopic (exact) mass is 150 g/mol. The summed E-state index contributed by atoms with van der Waals surface area (Å²) >= 11 is 0. The van der Waals surface area contributed by atoms with E-state index in [-0.39, 0.29) is 5.78 Å². The van der Waals surface area contributed by atoms with Crippen molar-refractivity contribution in [2.45, 2.75) is 26.7 Å². The van der Waals surface area contributed by atoms with Crippen molar-refractivity contribution in [3.8, 4) is 12.1 Å². The summed E-state index contributed by atoms with van der Waals surface area (Å²) in [5.74, 6) is 0.0155. The molecule has 3 heteroatoms. The highest BCUT2D eigenvalue weighted by atomic mass is 16.1. The van der Waals surface area contributed by atoms with Gasteiger partial charge in [0.25, 0.3) is 0 Å².